The van der Waals surface area contributed by atoms with Gasteiger partial charge in [-0.25, -0.2) is 0 Å². The van der Waals surface area contributed by atoms with Gasteiger partial charge in [0.15, 0.2) is 0 Å². The van der Waals surface area contributed by atoms with E-state index in [4.69, 9.17) is 5.11 Å². The first-order chi connectivity index (χ1) is 14.4. The average Bonchev–Trinajstić information content (AvgIpc) is 3.23. The zero-order chi connectivity index (χ0) is 21.3. The monoisotopic (exact) mass is 404 g/mol. The van der Waals surface area contributed by atoms with E-state index in [-0.39, 0.29) is 30.8 Å². The Morgan fingerprint density at radius 2 is 1.93 bits per heavy atom. The molecule has 1 aliphatic heterocycles. The van der Waals surface area contributed by atoms with Gasteiger partial charge < -0.3 is 15.7 Å². The number of amides is 1. The largest absolute Gasteiger partial charge is 0.481 e. The van der Waals surface area contributed by atoms with Crippen LogP contribution >= 0.6 is 0 Å². The van der Waals surface area contributed by atoms with Gasteiger partial charge in [-0.05, 0) is 53.1 Å². The van der Waals surface area contributed by atoms with Crippen molar-refractivity contribution in [1.29, 1.82) is 0 Å². The number of benzene rings is 2. The number of rotatable bonds is 6. The summed E-state index contributed by atoms with van der Waals surface area (Å²) in [6.45, 7) is 4.54. The topological polar surface area (TPSA) is 78.4 Å². The summed E-state index contributed by atoms with van der Waals surface area (Å²) in [6.07, 6.45) is 5.42. The number of nitrogens with one attached hydrogen (secondary N) is 2. The Kier molecular flexibility index (Phi) is 5.62. The third-order valence-electron chi connectivity index (χ3n) is 6.21. The molecule has 0 spiro atoms. The lowest BCUT2D eigenvalue weighted by Crippen LogP contribution is -2.30. The predicted octanol–water partition coefficient (Wildman–Crippen LogP) is 4.84. The van der Waals surface area contributed by atoms with Crippen LogP contribution < -0.4 is 10.6 Å². The number of aliphatic carboxylic acids is 1. The summed E-state index contributed by atoms with van der Waals surface area (Å²) in [4.78, 5) is 23.1. The summed E-state index contributed by atoms with van der Waals surface area (Å²) in [5.74, 6) is 0.0379. The van der Waals surface area contributed by atoms with Crippen molar-refractivity contribution in [1.82, 2.24) is 5.32 Å². The van der Waals surface area contributed by atoms with Crippen LogP contribution in [-0.4, -0.2) is 23.5 Å². The molecule has 156 valence electrons. The molecular formula is C25H28N2O3. The van der Waals surface area contributed by atoms with Gasteiger partial charge in [-0.2, -0.15) is 0 Å². The van der Waals surface area contributed by atoms with Gasteiger partial charge in [0, 0.05) is 23.7 Å². The lowest BCUT2D eigenvalue weighted by atomic mass is 9.76. The van der Waals surface area contributed by atoms with Crippen molar-refractivity contribution in [2.45, 2.75) is 44.6 Å². The normalized spacial score (nSPS) is 21.6. The molecule has 3 atom stereocenters. The molecule has 30 heavy (non-hydrogen) atoms. The highest BCUT2D eigenvalue weighted by atomic mass is 16.4. The number of hydrogen-bond donors (Lipinski definition) is 3. The van der Waals surface area contributed by atoms with E-state index in [1.165, 1.54) is 11.1 Å². The average molecular weight is 405 g/mol. The molecule has 1 aliphatic carbocycles. The number of allylic oxidation sites excluding steroid dienone is 2. The standard InChI is InChI=1S/C25H28N2O3/c1-15(2)16-6-8-17(9-7-16)24-20-5-3-4-19(20)21-14-18(10-11-22(21)27-24)25(30)26-13-12-23(28)29/h3-4,6-11,14-15,19-20,24,27H,5,12-13H2,1-2H3,(H,26,30)(H,28,29)/t19-,20-,24+/m0/s1. The molecule has 2 aromatic rings. The Labute approximate surface area is 177 Å². The van der Waals surface area contributed by atoms with Crippen LogP contribution in [0, 0.1) is 5.92 Å². The number of hydrogen-bond acceptors (Lipinski definition) is 3. The minimum absolute atomic E-state index is 0.0804. The number of carboxylic acid groups (broad SMARTS) is 1. The maximum absolute atomic E-state index is 12.4. The molecule has 4 rings (SSSR count). The van der Waals surface area contributed by atoms with E-state index in [0.717, 1.165) is 17.7 Å². The summed E-state index contributed by atoms with van der Waals surface area (Å²) < 4.78 is 0. The summed E-state index contributed by atoms with van der Waals surface area (Å²) in [5, 5.41) is 15.1. The molecule has 0 bridgehead atoms. The molecule has 5 nitrogen and oxygen atoms in total. The number of carbonyl (C=O) groups is 2. The zero-order valence-corrected chi connectivity index (χ0v) is 17.4. The van der Waals surface area contributed by atoms with Crippen LogP contribution in [0.15, 0.2) is 54.6 Å². The number of carboxylic acids is 1. The van der Waals surface area contributed by atoms with Crippen molar-refractivity contribution >= 4 is 17.6 Å². The number of fused-ring (bicyclic) bond motifs is 3. The smallest absolute Gasteiger partial charge is 0.305 e. The van der Waals surface area contributed by atoms with Crippen molar-refractivity contribution in [2.24, 2.45) is 5.92 Å². The Morgan fingerprint density at radius 3 is 2.63 bits per heavy atom. The van der Waals surface area contributed by atoms with Gasteiger partial charge in [-0.15, -0.1) is 0 Å². The Morgan fingerprint density at radius 1 is 1.17 bits per heavy atom. The van der Waals surface area contributed by atoms with E-state index in [1.807, 2.05) is 12.1 Å². The fourth-order valence-electron chi connectivity index (χ4n) is 4.54. The van der Waals surface area contributed by atoms with Gasteiger partial charge in [0.05, 0.1) is 12.5 Å². The minimum Gasteiger partial charge on any atom is -0.481 e. The van der Waals surface area contributed by atoms with Crippen LogP contribution in [0.4, 0.5) is 5.69 Å². The van der Waals surface area contributed by atoms with Gasteiger partial charge in [0.25, 0.3) is 5.91 Å². The quantitative estimate of drug-likeness (QED) is 0.602. The second-order valence-electron chi connectivity index (χ2n) is 8.50. The van der Waals surface area contributed by atoms with Gasteiger partial charge >= 0.3 is 5.97 Å². The second kappa shape index (κ2) is 8.34. The highest BCUT2D eigenvalue weighted by Gasteiger charge is 2.38. The van der Waals surface area contributed by atoms with Crippen molar-refractivity contribution in [3.05, 3.63) is 76.9 Å². The second-order valence-corrected chi connectivity index (χ2v) is 8.50. The molecule has 0 unspecified atom stereocenters. The molecule has 0 saturated heterocycles. The Balaban J connectivity index is 1.57. The third-order valence-corrected chi connectivity index (χ3v) is 6.21. The first kappa shape index (κ1) is 20.2. The van der Waals surface area contributed by atoms with E-state index in [9.17, 15) is 9.59 Å². The molecule has 2 aromatic carbocycles. The lowest BCUT2D eigenvalue weighted by molar-refractivity contribution is -0.136. The fourth-order valence-corrected chi connectivity index (χ4v) is 4.54. The van der Waals surface area contributed by atoms with Gasteiger partial charge in [0.2, 0.25) is 0 Å². The SMILES string of the molecule is CC(C)c1ccc([C@H]2Nc3ccc(C(=O)NCCC(=O)O)cc3[C@H]3C=CC[C@@H]32)cc1. The fraction of sp³-hybridized carbons (Fsp3) is 0.360. The highest BCUT2D eigenvalue weighted by molar-refractivity contribution is 5.95. The third kappa shape index (κ3) is 3.97. The molecule has 2 aliphatic rings. The Bertz CT molecular complexity index is 978. The maximum atomic E-state index is 12.4. The summed E-state index contributed by atoms with van der Waals surface area (Å²) in [5.41, 5.74) is 5.39. The van der Waals surface area contributed by atoms with Crippen LogP contribution in [0.5, 0.6) is 0 Å². The van der Waals surface area contributed by atoms with Gasteiger partial charge in [0.1, 0.15) is 0 Å². The van der Waals surface area contributed by atoms with E-state index in [1.54, 1.807) is 6.07 Å². The molecule has 1 heterocycles. The summed E-state index contributed by atoms with van der Waals surface area (Å²) >= 11 is 0. The van der Waals surface area contributed by atoms with Crippen LogP contribution in [0.25, 0.3) is 0 Å². The molecule has 0 saturated carbocycles. The minimum atomic E-state index is -0.920. The van der Waals surface area contributed by atoms with Crippen molar-refractivity contribution in [2.75, 3.05) is 11.9 Å². The Hall–Kier alpha value is -3.08. The first-order valence-corrected chi connectivity index (χ1v) is 10.6. The number of carbonyl (C=O) groups excluding carboxylic acids is 1. The molecule has 3 N–H and O–H groups in total. The van der Waals surface area contributed by atoms with E-state index in [2.05, 4.69) is 60.9 Å². The summed E-state index contributed by atoms with van der Waals surface area (Å²) in [6, 6.07) is 14.9. The van der Waals surface area contributed by atoms with Crippen molar-refractivity contribution in [3.8, 4) is 0 Å². The van der Waals surface area contributed by atoms with Crippen LogP contribution in [0.1, 0.15) is 71.6 Å². The van der Waals surface area contributed by atoms with Crippen molar-refractivity contribution < 1.29 is 14.7 Å². The van der Waals surface area contributed by atoms with E-state index in [0.29, 0.717) is 17.4 Å². The molecule has 1 amide bonds. The molecule has 0 fully saturated rings. The van der Waals surface area contributed by atoms with Crippen LogP contribution in [0.3, 0.4) is 0 Å². The predicted molar refractivity (Wildman–Crippen MR) is 118 cm³/mol. The highest BCUT2D eigenvalue weighted by Crippen LogP contribution is 2.50. The van der Waals surface area contributed by atoms with Crippen LogP contribution in [-0.2, 0) is 4.79 Å². The molecule has 5 heteroatoms. The summed E-state index contributed by atoms with van der Waals surface area (Å²) in [7, 11) is 0. The molecule has 0 aromatic heterocycles. The molecule has 0 radical (unpaired) electrons. The van der Waals surface area contributed by atoms with E-state index < -0.39 is 5.97 Å². The van der Waals surface area contributed by atoms with Crippen molar-refractivity contribution in [3.63, 3.8) is 0 Å². The lowest BCUT2D eigenvalue weighted by Gasteiger charge is -2.37. The van der Waals surface area contributed by atoms with Gasteiger partial charge in [-0.1, -0.05) is 50.3 Å². The zero-order valence-electron chi connectivity index (χ0n) is 17.4. The number of anilines is 1. The maximum Gasteiger partial charge on any atom is 0.305 e. The van der Waals surface area contributed by atoms with Crippen LogP contribution in [0.2, 0.25) is 0 Å². The van der Waals surface area contributed by atoms with Gasteiger partial charge in [-0.3, -0.25) is 9.59 Å². The van der Waals surface area contributed by atoms with E-state index >= 15 is 0 Å². The molecular weight excluding hydrogens is 376 g/mol. The first-order valence-electron chi connectivity index (χ1n) is 10.6.